The fourth-order valence-corrected chi connectivity index (χ4v) is 2.39. The van der Waals surface area contributed by atoms with E-state index in [0.717, 1.165) is 6.26 Å². The highest BCUT2D eigenvalue weighted by molar-refractivity contribution is 7.88. The van der Waals surface area contributed by atoms with Crippen LogP contribution in [0.15, 0.2) is 0 Å². The summed E-state index contributed by atoms with van der Waals surface area (Å²) in [6.45, 7) is 0.0792. The van der Waals surface area contributed by atoms with Crippen LogP contribution in [0.3, 0.4) is 0 Å². The molecule has 1 atom stereocenters. The Balaban J connectivity index is 2.11. The number of nitrogens with zero attached hydrogens (tertiary/aromatic N) is 3. The summed E-state index contributed by atoms with van der Waals surface area (Å²) in [5.41, 5.74) is 0. The molecular weight excluding hydrogens is 285 g/mol. The third-order valence-corrected chi connectivity index (χ3v) is 3.66. The van der Waals surface area contributed by atoms with Crippen LogP contribution in [0.1, 0.15) is 18.1 Å². The van der Waals surface area contributed by atoms with Crippen LogP contribution in [-0.4, -0.2) is 35.6 Å². The molecule has 2 heterocycles. The second-order valence-corrected chi connectivity index (χ2v) is 6.34. The normalized spacial score (nSPS) is 20.3. The van der Waals surface area contributed by atoms with Crippen molar-refractivity contribution in [3.05, 3.63) is 11.6 Å². The maximum atomic E-state index is 12.6. The number of nitrogens with one attached hydrogen (secondary N) is 1. The van der Waals surface area contributed by atoms with Gasteiger partial charge in [-0.25, -0.2) is 13.1 Å². The van der Waals surface area contributed by atoms with Crippen molar-refractivity contribution in [2.45, 2.75) is 32.1 Å². The first kappa shape index (κ1) is 14.3. The van der Waals surface area contributed by atoms with Crippen molar-refractivity contribution in [1.29, 1.82) is 0 Å². The molecule has 19 heavy (non-hydrogen) atoms. The molecule has 0 bridgehead atoms. The Hall–Kier alpha value is -1.16. The molecule has 0 radical (unpaired) electrons. The molecule has 0 aliphatic carbocycles. The van der Waals surface area contributed by atoms with E-state index in [2.05, 4.69) is 14.9 Å². The largest absolute Gasteiger partial charge is 0.392 e. The smallest absolute Gasteiger partial charge is 0.314 e. The van der Waals surface area contributed by atoms with E-state index in [-0.39, 0.29) is 31.8 Å². The number of sulfonamides is 1. The summed E-state index contributed by atoms with van der Waals surface area (Å²) in [5.74, 6) is -0.820. The lowest BCUT2D eigenvalue weighted by molar-refractivity contribution is -0.179. The molecule has 0 spiro atoms. The first-order valence-electron chi connectivity index (χ1n) is 5.59. The molecule has 108 valence electrons. The number of rotatable bonds is 3. The molecular formula is C9H13F3N4O2S. The van der Waals surface area contributed by atoms with Crippen molar-refractivity contribution < 1.29 is 21.6 Å². The van der Waals surface area contributed by atoms with Gasteiger partial charge in [0.1, 0.15) is 11.6 Å². The fraction of sp³-hybridized carbons (Fsp3) is 0.778. The maximum absolute atomic E-state index is 12.6. The molecule has 0 aromatic carbocycles. The molecule has 1 aliphatic rings. The maximum Gasteiger partial charge on any atom is 0.392 e. The molecule has 0 unspecified atom stereocenters. The lowest BCUT2D eigenvalue weighted by Gasteiger charge is -2.25. The Labute approximate surface area is 108 Å². The topological polar surface area (TPSA) is 76.9 Å². The molecule has 0 saturated heterocycles. The van der Waals surface area contributed by atoms with Crippen molar-refractivity contribution in [3.63, 3.8) is 0 Å². The standard InChI is InChI=1S/C9H13F3N4O2S/c1-19(17,18)13-5-8-15-14-7-4-6(9(10,11)12)2-3-16(7)8/h6,13H,2-5H2,1H3/t6-/m0/s1. The van der Waals surface area contributed by atoms with Gasteiger partial charge in [0.05, 0.1) is 18.7 Å². The molecule has 2 rings (SSSR count). The van der Waals surface area contributed by atoms with Gasteiger partial charge in [-0.05, 0) is 6.42 Å². The zero-order valence-electron chi connectivity index (χ0n) is 10.1. The molecule has 0 fully saturated rings. The van der Waals surface area contributed by atoms with Crippen LogP contribution in [0, 0.1) is 5.92 Å². The molecule has 10 heteroatoms. The van der Waals surface area contributed by atoms with Crippen LogP contribution < -0.4 is 4.72 Å². The number of hydrogen-bond acceptors (Lipinski definition) is 4. The van der Waals surface area contributed by atoms with Crippen molar-refractivity contribution in [2.24, 2.45) is 5.92 Å². The Bertz CT molecular complexity index is 567. The summed E-state index contributed by atoms with van der Waals surface area (Å²) in [6, 6.07) is 0. The summed E-state index contributed by atoms with van der Waals surface area (Å²) in [7, 11) is -3.37. The molecule has 0 amide bonds. The van der Waals surface area contributed by atoms with E-state index in [9.17, 15) is 21.6 Å². The van der Waals surface area contributed by atoms with Crippen LogP contribution in [0.25, 0.3) is 0 Å². The highest BCUT2D eigenvalue weighted by Gasteiger charge is 2.42. The van der Waals surface area contributed by atoms with Gasteiger partial charge in [-0.3, -0.25) is 0 Å². The van der Waals surface area contributed by atoms with E-state index in [1.165, 1.54) is 0 Å². The van der Waals surface area contributed by atoms with Gasteiger partial charge < -0.3 is 4.57 Å². The third kappa shape index (κ3) is 3.44. The summed E-state index contributed by atoms with van der Waals surface area (Å²) < 4.78 is 63.5. The number of aromatic nitrogens is 3. The quantitative estimate of drug-likeness (QED) is 0.879. The van der Waals surface area contributed by atoms with Crippen LogP contribution in [0.5, 0.6) is 0 Å². The first-order valence-corrected chi connectivity index (χ1v) is 7.48. The summed E-state index contributed by atoms with van der Waals surface area (Å²) in [6.07, 6.45) is -3.49. The first-order chi connectivity index (χ1) is 8.67. The lowest BCUT2D eigenvalue weighted by Crippen LogP contribution is -2.32. The molecule has 1 aliphatic heterocycles. The van der Waals surface area contributed by atoms with Crippen molar-refractivity contribution in [3.8, 4) is 0 Å². The number of alkyl halides is 3. The highest BCUT2D eigenvalue weighted by Crippen LogP contribution is 2.34. The average Bonchev–Trinajstić information content (AvgIpc) is 2.66. The third-order valence-electron chi connectivity index (χ3n) is 2.99. The van der Waals surface area contributed by atoms with Gasteiger partial charge in [0.2, 0.25) is 10.0 Å². The van der Waals surface area contributed by atoms with E-state index in [1.54, 1.807) is 4.57 Å². The van der Waals surface area contributed by atoms with Crippen LogP contribution in [-0.2, 0) is 29.5 Å². The predicted octanol–water partition coefficient (Wildman–Crippen LogP) is 0.452. The summed E-state index contributed by atoms with van der Waals surface area (Å²) in [5, 5.41) is 7.44. The van der Waals surface area contributed by atoms with Gasteiger partial charge >= 0.3 is 6.18 Å². The van der Waals surface area contributed by atoms with Crippen molar-refractivity contribution >= 4 is 10.0 Å². The summed E-state index contributed by atoms with van der Waals surface area (Å²) in [4.78, 5) is 0. The average molecular weight is 298 g/mol. The Morgan fingerprint density at radius 1 is 1.42 bits per heavy atom. The summed E-state index contributed by atoms with van der Waals surface area (Å²) >= 11 is 0. The van der Waals surface area contributed by atoms with Crippen LogP contribution >= 0.6 is 0 Å². The predicted molar refractivity (Wildman–Crippen MR) is 59.6 cm³/mol. The number of fused-ring (bicyclic) bond motifs is 1. The fourth-order valence-electron chi connectivity index (χ4n) is 1.99. The zero-order valence-corrected chi connectivity index (χ0v) is 10.9. The number of halogens is 3. The van der Waals surface area contributed by atoms with E-state index in [1.807, 2.05) is 0 Å². The molecule has 1 N–H and O–H groups in total. The minimum atomic E-state index is -4.23. The van der Waals surface area contributed by atoms with Crippen molar-refractivity contribution in [2.75, 3.05) is 6.26 Å². The highest BCUT2D eigenvalue weighted by atomic mass is 32.2. The van der Waals surface area contributed by atoms with Gasteiger partial charge in [0, 0.05) is 13.0 Å². The second kappa shape index (κ2) is 4.75. The van der Waals surface area contributed by atoms with E-state index in [4.69, 9.17) is 0 Å². The van der Waals surface area contributed by atoms with Gasteiger partial charge in [0.25, 0.3) is 0 Å². The van der Waals surface area contributed by atoms with Gasteiger partial charge in [-0.15, -0.1) is 10.2 Å². The zero-order chi connectivity index (χ0) is 14.3. The molecule has 1 aromatic heterocycles. The second-order valence-electron chi connectivity index (χ2n) is 4.51. The van der Waals surface area contributed by atoms with E-state index >= 15 is 0 Å². The van der Waals surface area contributed by atoms with Crippen LogP contribution in [0.4, 0.5) is 13.2 Å². The molecule has 0 saturated carbocycles. The minimum absolute atomic E-state index is 0.0413. The number of hydrogen-bond donors (Lipinski definition) is 1. The minimum Gasteiger partial charge on any atom is -0.314 e. The van der Waals surface area contributed by atoms with E-state index in [0.29, 0.717) is 5.82 Å². The monoisotopic (exact) mass is 298 g/mol. The molecule has 6 nitrogen and oxygen atoms in total. The van der Waals surface area contributed by atoms with Gasteiger partial charge in [-0.1, -0.05) is 0 Å². The lowest BCUT2D eigenvalue weighted by atomic mass is 9.97. The molecule has 1 aromatic rings. The van der Waals surface area contributed by atoms with Crippen molar-refractivity contribution in [1.82, 2.24) is 19.5 Å². The Kier molecular flexibility index (Phi) is 3.56. The van der Waals surface area contributed by atoms with E-state index < -0.39 is 22.1 Å². The van der Waals surface area contributed by atoms with Gasteiger partial charge in [0.15, 0.2) is 0 Å². The Morgan fingerprint density at radius 3 is 2.68 bits per heavy atom. The Morgan fingerprint density at radius 2 is 2.11 bits per heavy atom. The van der Waals surface area contributed by atoms with Crippen LogP contribution in [0.2, 0.25) is 0 Å². The SMILES string of the molecule is CS(=O)(=O)NCc1nnc2n1CC[C@H](C(F)(F)F)C2. The van der Waals surface area contributed by atoms with Gasteiger partial charge in [-0.2, -0.15) is 13.2 Å².